The molecule has 1 fully saturated rings. The van der Waals surface area contributed by atoms with Crippen molar-refractivity contribution < 1.29 is 23.9 Å². The van der Waals surface area contributed by atoms with Gasteiger partial charge in [0.05, 0.1) is 0 Å². The van der Waals surface area contributed by atoms with Crippen molar-refractivity contribution in [3.63, 3.8) is 0 Å². The Balaban J connectivity index is 1.96. The fourth-order valence-electron chi connectivity index (χ4n) is 4.13. The minimum atomic E-state index is -0.655. The molecule has 6 heteroatoms. The second-order valence-corrected chi connectivity index (χ2v) is 8.11. The first-order valence-corrected chi connectivity index (χ1v) is 9.68. The molecule has 0 amide bonds. The normalized spacial score (nSPS) is 22.6. The average molecular weight is 377 g/mol. The second kappa shape index (κ2) is 8.72. The molecule has 0 spiro atoms. The van der Waals surface area contributed by atoms with Crippen molar-refractivity contribution in [2.24, 2.45) is 17.8 Å². The maximum absolute atomic E-state index is 12.3. The first kappa shape index (κ1) is 21.2. The molecule has 0 aromatic carbocycles. The summed E-state index contributed by atoms with van der Waals surface area (Å²) < 4.78 is 10.8. The number of hydrogen-bond donors (Lipinski definition) is 1. The fraction of sp³-hybridized carbons (Fsp3) is 0.667. The van der Waals surface area contributed by atoms with Gasteiger partial charge >= 0.3 is 11.9 Å². The van der Waals surface area contributed by atoms with Crippen LogP contribution in [0.1, 0.15) is 79.1 Å². The molecular weight excluding hydrogens is 346 g/mol. The molecule has 1 saturated carbocycles. The molecule has 3 atom stereocenters. The van der Waals surface area contributed by atoms with Gasteiger partial charge in [-0.15, -0.1) is 0 Å². The molecule has 0 saturated heterocycles. The summed E-state index contributed by atoms with van der Waals surface area (Å²) in [7, 11) is 0. The van der Waals surface area contributed by atoms with Gasteiger partial charge in [-0.25, -0.2) is 9.59 Å². The molecular formula is C21H31NO5. The molecule has 0 bridgehead atoms. The van der Waals surface area contributed by atoms with E-state index in [0.29, 0.717) is 34.6 Å². The Kier molecular flexibility index (Phi) is 6.84. The number of hydrogen-bond acceptors (Lipinski definition) is 5. The summed E-state index contributed by atoms with van der Waals surface area (Å²) in [4.78, 5) is 39.1. The monoisotopic (exact) mass is 377 g/mol. The molecule has 0 unspecified atom stereocenters. The molecule has 1 heterocycles. The van der Waals surface area contributed by atoms with Gasteiger partial charge in [-0.3, -0.25) is 4.79 Å². The van der Waals surface area contributed by atoms with Crippen LogP contribution in [0, 0.1) is 31.6 Å². The molecule has 27 heavy (non-hydrogen) atoms. The zero-order valence-electron chi connectivity index (χ0n) is 17.2. The Morgan fingerprint density at radius 2 is 1.85 bits per heavy atom. The minimum Gasteiger partial charge on any atom is -0.460 e. The third-order valence-corrected chi connectivity index (χ3v) is 5.56. The second-order valence-electron chi connectivity index (χ2n) is 8.11. The first-order valence-electron chi connectivity index (χ1n) is 9.68. The number of carbonyl (C=O) groups excluding carboxylic acids is 3. The quantitative estimate of drug-likeness (QED) is 0.598. The van der Waals surface area contributed by atoms with Gasteiger partial charge in [0.25, 0.3) is 0 Å². The van der Waals surface area contributed by atoms with E-state index in [2.05, 4.69) is 25.8 Å². The summed E-state index contributed by atoms with van der Waals surface area (Å²) >= 11 is 0. The van der Waals surface area contributed by atoms with Gasteiger partial charge in [0, 0.05) is 11.3 Å². The number of nitrogens with one attached hydrogen (secondary N) is 1. The van der Waals surface area contributed by atoms with Crippen LogP contribution in [0.5, 0.6) is 0 Å². The molecule has 1 aromatic rings. The zero-order valence-corrected chi connectivity index (χ0v) is 17.2. The van der Waals surface area contributed by atoms with E-state index in [1.807, 2.05) is 0 Å². The summed E-state index contributed by atoms with van der Waals surface area (Å²) in [6.07, 6.45) is 2.92. The number of H-pyrrole nitrogens is 1. The maximum Gasteiger partial charge on any atom is 0.355 e. The number of aryl methyl sites for hydroxylation is 1. The highest BCUT2D eigenvalue weighted by atomic mass is 16.6. The topological polar surface area (TPSA) is 85.5 Å². The van der Waals surface area contributed by atoms with Crippen LogP contribution >= 0.6 is 0 Å². The van der Waals surface area contributed by atoms with E-state index in [-0.39, 0.29) is 17.6 Å². The molecule has 2 rings (SSSR count). The molecule has 0 radical (unpaired) electrons. The number of ether oxygens (including phenoxy) is 2. The Hall–Kier alpha value is -2.11. The van der Waals surface area contributed by atoms with Gasteiger partial charge < -0.3 is 14.5 Å². The molecule has 1 N–H and O–H groups in total. The van der Waals surface area contributed by atoms with Crippen LogP contribution in [0.15, 0.2) is 0 Å². The third-order valence-electron chi connectivity index (χ3n) is 5.56. The highest BCUT2D eigenvalue weighted by Crippen LogP contribution is 2.35. The predicted octanol–water partition coefficient (Wildman–Crippen LogP) is 3.99. The Morgan fingerprint density at radius 1 is 1.19 bits per heavy atom. The number of Topliss-reactive ketones (excluding diaryl/α,β-unsaturated/α-hetero) is 1. The summed E-state index contributed by atoms with van der Waals surface area (Å²) in [6.45, 7) is 10.9. The standard InChI is InChI=1S/C21H31NO5/c1-11(2)16-8-7-12(3)9-17(16)27-18(24)10-26-21(25)20-13(4)19(15(6)23)14(5)22-20/h11-12,16-17,22H,7-10H2,1-6H3/t12-,16-,17+/m1/s1. The van der Waals surface area contributed by atoms with Crippen molar-refractivity contribution in [2.45, 2.75) is 66.9 Å². The van der Waals surface area contributed by atoms with Crippen LogP contribution < -0.4 is 0 Å². The van der Waals surface area contributed by atoms with Crippen LogP contribution in [-0.2, 0) is 14.3 Å². The minimum absolute atomic E-state index is 0.120. The summed E-state index contributed by atoms with van der Waals surface area (Å²) in [5.74, 6) is -0.00119. The van der Waals surface area contributed by atoms with E-state index in [9.17, 15) is 14.4 Å². The number of aromatic amines is 1. The van der Waals surface area contributed by atoms with Gasteiger partial charge in [0.1, 0.15) is 11.8 Å². The van der Waals surface area contributed by atoms with Crippen molar-refractivity contribution in [3.05, 3.63) is 22.5 Å². The van der Waals surface area contributed by atoms with Crippen molar-refractivity contribution >= 4 is 17.7 Å². The van der Waals surface area contributed by atoms with Gasteiger partial charge in [-0.05, 0) is 56.9 Å². The highest BCUT2D eigenvalue weighted by Gasteiger charge is 2.33. The fourth-order valence-corrected chi connectivity index (χ4v) is 4.13. The summed E-state index contributed by atoms with van der Waals surface area (Å²) in [5, 5.41) is 0. The van der Waals surface area contributed by atoms with Gasteiger partial charge in [0.15, 0.2) is 12.4 Å². The van der Waals surface area contributed by atoms with Gasteiger partial charge in [-0.2, -0.15) is 0 Å². The van der Waals surface area contributed by atoms with E-state index in [0.717, 1.165) is 19.3 Å². The van der Waals surface area contributed by atoms with Crippen molar-refractivity contribution in [1.82, 2.24) is 4.98 Å². The Labute approximate surface area is 161 Å². The Morgan fingerprint density at radius 3 is 2.41 bits per heavy atom. The lowest BCUT2D eigenvalue weighted by Gasteiger charge is -2.36. The summed E-state index contributed by atoms with van der Waals surface area (Å²) in [6, 6.07) is 0. The van der Waals surface area contributed by atoms with Crippen LogP contribution in [-0.4, -0.2) is 35.4 Å². The highest BCUT2D eigenvalue weighted by molar-refractivity contribution is 6.01. The Bertz CT molecular complexity index is 718. The molecule has 0 aliphatic heterocycles. The van der Waals surface area contributed by atoms with Crippen LogP contribution in [0.2, 0.25) is 0 Å². The van der Waals surface area contributed by atoms with E-state index in [1.165, 1.54) is 6.92 Å². The van der Waals surface area contributed by atoms with Crippen molar-refractivity contribution in [1.29, 1.82) is 0 Å². The number of rotatable bonds is 6. The van der Waals surface area contributed by atoms with E-state index >= 15 is 0 Å². The van der Waals surface area contributed by atoms with E-state index in [1.54, 1.807) is 13.8 Å². The van der Waals surface area contributed by atoms with E-state index < -0.39 is 18.5 Å². The lowest BCUT2D eigenvalue weighted by molar-refractivity contribution is -0.159. The smallest absolute Gasteiger partial charge is 0.355 e. The molecule has 1 aliphatic rings. The van der Waals surface area contributed by atoms with E-state index in [4.69, 9.17) is 9.47 Å². The molecule has 150 valence electrons. The van der Waals surface area contributed by atoms with Crippen LogP contribution in [0.3, 0.4) is 0 Å². The average Bonchev–Trinajstić information content (AvgIpc) is 2.87. The number of carbonyl (C=O) groups is 3. The van der Waals surface area contributed by atoms with Crippen LogP contribution in [0.25, 0.3) is 0 Å². The van der Waals surface area contributed by atoms with Crippen molar-refractivity contribution in [3.8, 4) is 0 Å². The number of esters is 2. The SMILES string of the molecule is CC(=O)c1c(C)[nH]c(C(=O)OCC(=O)O[C@H]2C[C@H](C)CC[C@@H]2C(C)C)c1C. The largest absolute Gasteiger partial charge is 0.460 e. The third kappa shape index (κ3) is 4.99. The van der Waals surface area contributed by atoms with Gasteiger partial charge in [0.2, 0.25) is 0 Å². The predicted molar refractivity (Wildman–Crippen MR) is 102 cm³/mol. The first-order chi connectivity index (χ1) is 12.6. The van der Waals surface area contributed by atoms with Gasteiger partial charge in [-0.1, -0.05) is 27.2 Å². The lowest BCUT2D eigenvalue weighted by Crippen LogP contribution is -2.36. The van der Waals surface area contributed by atoms with Crippen LogP contribution in [0.4, 0.5) is 0 Å². The molecule has 1 aliphatic carbocycles. The molecule has 1 aromatic heterocycles. The molecule has 6 nitrogen and oxygen atoms in total. The maximum atomic E-state index is 12.3. The number of aromatic nitrogens is 1. The lowest BCUT2D eigenvalue weighted by atomic mass is 9.75. The van der Waals surface area contributed by atoms with Crippen molar-refractivity contribution in [2.75, 3.05) is 6.61 Å². The number of ketones is 1. The summed E-state index contributed by atoms with van der Waals surface area (Å²) in [5.41, 5.74) is 1.85. The zero-order chi connectivity index (χ0) is 20.3.